The lowest BCUT2D eigenvalue weighted by molar-refractivity contribution is 1.20. The second kappa shape index (κ2) is 5.27. The van der Waals surface area contributed by atoms with Gasteiger partial charge in [-0.25, -0.2) is 4.98 Å². The van der Waals surface area contributed by atoms with Crippen LogP contribution in [0, 0.1) is 5.41 Å². The van der Waals surface area contributed by atoms with Crippen molar-refractivity contribution >= 4 is 29.8 Å². The molecule has 1 rings (SSSR count). The van der Waals surface area contributed by atoms with Gasteiger partial charge in [-0.1, -0.05) is 6.07 Å². The minimum absolute atomic E-state index is 0.455. The second-order valence-corrected chi connectivity index (χ2v) is 2.51. The molecule has 1 aromatic rings. The third-order valence-electron chi connectivity index (χ3n) is 1.31. The van der Waals surface area contributed by atoms with Crippen molar-refractivity contribution in [2.24, 2.45) is 5.10 Å². The number of aromatic nitrogens is 1. The maximum atomic E-state index is 6.68. The van der Waals surface area contributed by atoms with Crippen LogP contribution in [-0.2, 0) is 5.88 Å². The third-order valence-corrected chi connectivity index (χ3v) is 1.62. The normalized spacial score (nSPS) is 10.2. The number of hydrogen-bond donors (Lipinski definition) is 2. The second-order valence-electron chi connectivity index (χ2n) is 2.24. The van der Waals surface area contributed by atoms with Gasteiger partial charge in [-0.3, -0.25) is 5.43 Å². The van der Waals surface area contributed by atoms with E-state index in [1.54, 1.807) is 12.3 Å². The third kappa shape index (κ3) is 3.21. The molecule has 5 heteroatoms. The minimum Gasteiger partial charge on any atom is -0.307 e. The zero-order chi connectivity index (χ0) is 9.52. The molecule has 0 saturated heterocycles. The largest absolute Gasteiger partial charge is 0.307 e. The number of alkyl halides is 1. The molecule has 0 amide bonds. The first-order valence-electron chi connectivity index (χ1n) is 3.66. The Morgan fingerprint density at radius 2 is 2.46 bits per heavy atom. The van der Waals surface area contributed by atoms with E-state index in [9.17, 15) is 0 Å². The maximum Gasteiger partial charge on any atom is 0.146 e. The molecule has 0 unspecified atom stereocenters. The molecule has 0 aliphatic rings. The summed E-state index contributed by atoms with van der Waals surface area (Å²) in [6.45, 7) is 0. The molecular weight excluding hydrogens is 188 g/mol. The van der Waals surface area contributed by atoms with Crippen molar-refractivity contribution in [3.63, 3.8) is 0 Å². The van der Waals surface area contributed by atoms with Gasteiger partial charge < -0.3 is 5.41 Å². The number of hydrazone groups is 1. The topological polar surface area (TPSA) is 61.1 Å². The Hall–Kier alpha value is -1.42. The zero-order valence-corrected chi connectivity index (χ0v) is 7.62. The molecule has 1 aromatic heterocycles. The lowest BCUT2D eigenvalue weighted by Crippen LogP contribution is -1.93. The predicted octanol–water partition coefficient (Wildman–Crippen LogP) is 1.87. The van der Waals surface area contributed by atoms with Crippen LogP contribution in [-0.4, -0.2) is 17.4 Å². The monoisotopic (exact) mass is 196 g/mol. The lowest BCUT2D eigenvalue weighted by atomic mass is 10.3. The Balaban J connectivity index is 2.58. The average molecular weight is 197 g/mol. The number of pyridine rings is 1. The summed E-state index contributed by atoms with van der Waals surface area (Å²) in [5.41, 5.74) is 3.62. The van der Waals surface area contributed by atoms with E-state index >= 15 is 0 Å². The fourth-order valence-electron chi connectivity index (χ4n) is 0.710. The molecule has 0 spiro atoms. The van der Waals surface area contributed by atoms with Crippen molar-refractivity contribution in [3.05, 3.63) is 23.9 Å². The van der Waals surface area contributed by atoms with E-state index in [4.69, 9.17) is 17.0 Å². The molecular formula is C8H9ClN4. The van der Waals surface area contributed by atoms with Crippen LogP contribution in [0.3, 0.4) is 0 Å². The fraction of sp³-hybridized carbons (Fsp3) is 0.125. The number of nitrogens with zero attached hydrogens (tertiary/aromatic N) is 2. The van der Waals surface area contributed by atoms with Crippen molar-refractivity contribution in [2.45, 2.75) is 5.88 Å². The van der Waals surface area contributed by atoms with Gasteiger partial charge in [0, 0.05) is 18.3 Å². The van der Waals surface area contributed by atoms with E-state index in [-0.39, 0.29) is 0 Å². The summed E-state index contributed by atoms with van der Waals surface area (Å²) < 4.78 is 0. The quantitative estimate of drug-likeness (QED) is 0.439. The molecule has 0 fully saturated rings. The van der Waals surface area contributed by atoms with Gasteiger partial charge >= 0.3 is 0 Å². The molecule has 13 heavy (non-hydrogen) atoms. The van der Waals surface area contributed by atoms with Gasteiger partial charge in [0.05, 0.1) is 6.21 Å². The molecule has 0 radical (unpaired) electrons. The van der Waals surface area contributed by atoms with Gasteiger partial charge in [0.15, 0.2) is 0 Å². The molecule has 4 nitrogen and oxygen atoms in total. The summed E-state index contributed by atoms with van der Waals surface area (Å²) in [7, 11) is 0. The number of anilines is 1. The number of hydrogen-bond acceptors (Lipinski definition) is 4. The van der Waals surface area contributed by atoms with Crippen molar-refractivity contribution in [1.29, 1.82) is 5.41 Å². The lowest BCUT2D eigenvalue weighted by Gasteiger charge is -1.98. The van der Waals surface area contributed by atoms with Crippen molar-refractivity contribution in [3.8, 4) is 0 Å². The molecule has 0 atom stereocenters. The van der Waals surface area contributed by atoms with E-state index < -0.39 is 0 Å². The van der Waals surface area contributed by atoms with Gasteiger partial charge in [0.25, 0.3) is 0 Å². The molecule has 0 saturated carbocycles. The summed E-state index contributed by atoms with van der Waals surface area (Å²) in [6.07, 6.45) is 4.09. The first-order chi connectivity index (χ1) is 6.36. The smallest absolute Gasteiger partial charge is 0.146 e. The summed E-state index contributed by atoms with van der Waals surface area (Å²) in [5, 5.41) is 10.4. The van der Waals surface area contributed by atoms with Crippen molar-refractivity contribution in [1.82, 2.24) is 4.98 Å². The van der Waals surface area contributed by atoms with Crippen LogP contribution in [0.2, 0.25) is 0 Å². The highest BCUT2D eigenvalue weighted by Crippen LogP contribution is 2.06. The Morgan fingerprint density at radius 1 is 1.62 bits per heavy atom. The van der Waals surface area contributed by atoms with E-state index in [0.29, 0.717) is 11.7 Å². The maximum absolute atomic E-state index is 6.68. The minimum atomic E-state index is 0.455. The molecule has 0 aromatic carbocycles. The summed E-state index contributed by atoms with van der Waals surface area (Å²) in [4.78, 5) is 4.04. The van der Waals surface area contributed by atoms with Gasteiger partial charge in [0.2, 0.25) is 0 Å². The first-order valence-corrected chi connectivity index (χ1v) is 4.19. The van der Waals surface area contributed by atoms with Gasteiger partial charge in [-0.2, -0.15) is 5.10 Å². The summed E-state index contributed by atoms with van der Waals surface area (Å²) >= 11 is 5.59. The van der Waals surface area contributed by atoms with E-state index in [0.717, 1.165) is 11.8 Å². The van der Waals surface area contributed by atoms with Crippen LogP contribution in [0.5, 0.6) is 0 Å². The SMILES string of the molecule is N=C/C=N\Nc1ccc(CCl)cn1. The van der Waals surface area contributed by atoms with E-state index in [1.807, 2.05) is 6.07 Å². The molecule has 68 valence electrons. The van der Waals surface area contributed by atoms with Crippen LogP contribution >= 0.6 is 11.6 Å². The average Bonchev–Trinajstić information content (AvgIpc) is 2.19. The number of nitrogens with one attached hydrogen (secondary N) is 2. The van der Waals surface area contributed by atoms with Gasteiger partial charge in [-0.15, -0.1) is 11.6 Å². The molecule has 2 N–H and O–H groups in total. The van der Waals surface area contributed by atoms with Crippen LogP contribution < -0.4 is 5.43 Å². The zero-order valence-electron chi connectivity index (χ0n) is 6.87. The highest BCUT2D eigenvalue weighted by atomic mass is 35.5. The Labute approximate surface area is 81.1 Å². The van der Waals surface area contributed by atoms with Crippen LogP contribution in [0.1, 0.15) is 5.56 Å². The predicted molar refractivity (Wildman–Crippen MR) is 54.7 cm³/mol. The number of halogens is 1. The van der Waals surface area contributed by atoms with Crippen molar-refractivity contribution in [2.75, 3.05) is 5.43 Å². The van der Waals surface area contributed by atoms with Crippen LogP contribution in [0.4, 0.5) is 5.82 Å². The number of rotatable bonds is 4. The van der Waals surface area contributed by atoms with E-state index in [1.165, 1.54) is 6.21 Å². The Bertz CT molecular complexity index is 294. The highest BCUT2D eigenvalue weighted by molar-refractivity contribution is 6.17. The van der Waals surface area contributed by atoms with Crippen molar-refractivity contribution < 1.29 is 0 Å². The Morgan fingerprint density at radius 3 is 3.00 bits per heavy atom. The fourth-order valence-corrected chi connectivity index (χ4v) is 0.868. The van der Waals surface area contributed by atoms with Crippen LogP contribution in [0.15, 0.2) is 23.4 Å². The van der Waals surface area contributed by atoms with Gasteiger partial charge in [0.1, 0.15) is 5.82 Å². The van der Waals surface area contributed by atoms with Gasteiger partial charge in [-0.05, 0) is 11.6 Å². The summed E-state index contributed by atoms with van der Waals surface area (Å²) in [6, 6.07) is 3.64. The Kier molecular flexibility index (Phi) is 3.92. The first kappa shape index (κ1) is 9.67. The highest BCUT2D eigenvalue weighted by Gasteiger charge is 1.91. The molecule has 1 heterocycles. The molecule has 0 aliphatic carbocycles. The van der Waals surface area contributed by atoms with E-state index in [2.05, 4.69) is 15.5 Å². The standard InChI is InChI=1S/C8H9ClN4/c9-5-7-1-2-8(11-6-7)13-12-4-3-10/h1-4,6,10H,5H2,(H,11,13)/b10-3?,12-4-. The summed E-state index contributed by atoms with van der Waals surface area (Å²) in [5.74, 6) is 1.09. The van der Waals surface area contributed by atoms with Crippen LogP contribution in [0.25, 0.3) is 0 Å². The molecule has 0 aliphatic heterocycles. The molecule has 0 bridgehead atoms.